The van der Waals surface area contributed by atoms with E-state index >= 15 is 0 Å². The number of hydrogen-bond acceptors (Lipinski definition) is 4. The number of hydrogen-bond donors (Lipinski definition) is 2. The molecule has 2 aromatic rings. The molecule has 2 N–H and O–H groups in total. The molecule has 2 aromatic carbocycles. The fourth-order valence-electron chi connectivity index (χ4n) is 1.88. The van der Waals surface area contributed by atoms with Crippen LogP contribution in [0.2, 0.25) is 0 Å². The molecule has 0 unspecified atom stereocenters. The number of carboxylic acids is 1. The predicted octanol–water partition coefficient (Wildman–Crippen LogP) is 3.20. The second-order valence-electron chi connectivity index (χ2n) is 4.42. The van der Waals surface area contributed by atoms with Crippen molar-refractivity contribution in [2.75, 3.05) is 12.4 Å². The van der Waals surface area contributed by atoms with Crippen LogP contribution in [0.4, 0.5) is 5.69 Å². The van der Waals surface area contributed by atoms with E-state index in [9.17, 15) is 9.59 Å². The Balaban J connectivity index is 2.09. The van der Waals surface area contributed by atoms with Crippen LogP contribution < -0.4 is 10.1 Å². The molecule has 22 heavy (non-hydrogen) atoms. The number of aromatic carboxylic acids is 1. The van der Waals surface area contributed by atoms with Gasteiger partial charge in [-0.25, -0.2) is 4.79 Å². The van der Waals surface area contributed by atoms with E-state index in [2.05, 4.69) is 5.32 Å². The van der Waals surface area contributed by atoms with Crippen molar-refractivity contribution in [1.29, 1.82) is 0 Å². The lowest BCUT2D eigenvalue weighted by Crippen LogP contribution is -2.02. The van der Waals surface area contributed by atoms with Crippen LogP contribution in [0.25, 0.3) is 0 Å². The number of benzene rings is 2. The average Bonchev–Trinajstić information content (AvgIpc) is 2.55. The van der Waals surface area contributed by atoms with Crippen molar-refractivity contribution < 1.29 is 19.4 Å². The highest BCUT2D eigenvalue weighted by molar-refractivity contribution is 6.05. The number of carbonyl (C=O) groups is 2. The van der Waals surface area contributed by atoms with Gasteiger partial charge in [0.25, 0.3) is 0 Å². The summed E-state index contributed by atoms with van der Waals surface area (Å²) in [6.45, 7) is 0. The molecule has 0 aliphatic carbocycles. The number of methoxy groups -OCH3 is 1. The minimum Gasteiger partial charge on any atom is -0.497 e. The zero-order valence-corrected chi connectivity index (χ0v) is 11.9. The van der Waals surface area contributed by atoms with Crippen LogP contribution in [0.5, 0.6) is 5.75 Å². The minimum absolute atomic E-state index is 0.140. The highest BCUT2D eigenvalue weighted by atomic mass is 16.5. The third-order valence-electron chi connectivity index (χ3n) is 2.99. The van der Waals surface area contributed by atoms with Crippen molar-refractivity contribution in [3.63, 3.8) is 0 Å². The number of anilines is 1. The summed E-state index contributed by atoms with van der Waals surface area (Å²) in [5.74, 6) is -0.640. The highest BCUT2D eigenvalue weighted by Crippen LogP contribution is 2.16. The van der Waals surface area contributed by atoms with Crippen LogP contribution in [0, 0.1) is 0 Å². The Morgan fingerprint density at radius 2 is 1.91 bits per heavy atom. The van der Waals surface area contributed by atoms with Crippen LogP contribution in [-0.4, -0.2) is 24.0 Å². The van der Waals surface area contributed by atoms with Crippen LogP contribution in [0.1, 0.15) is 20.7 Å². The van der Waals surface area contributed by atoms with Gasteiger partial charge in [-0.2, -0.15) is 0 Å². The summed E-state index contributed by atoms with van der Waals surface area (Å²) in [5, 5.41) is 11.9. The van der Waals surface area contributed by atoms with Gasteiger partial charge in [0, 0.05) is 17.8 Å². The standard InChI is InChI=1S/C17H15NO4/c1-22-13-6-4-5-12(11-13)16(19)9-10-18-15-8-3-2-7-14(15)17(20)21/h2-11,18H,1H3,(H,20,21)/b10-9+. The lowest BCUT2D eigenvalue weighted by atomic mass is 10.1. The fraction of sp³-hybridized carbons (Fsp3) is 0.0588. The Labute approximate surface area is 127 Å². The molecule has 0 aliphatic rings. The zero-order chi connectivity index (χ0) is 15.9. The second-order valence-corrected chi connectivity index (χ2v) is 4.42. The molecule has 5 heteroatoms. The maximum absolute atomic E-state index is 12.0. The van der Waals surface area contributed by atoms with E-state index in [-0.39, 0.29) is 11.3 Å². The van der Waals surface area contributed by atoms with Crippen LogP contribution in [-0.2, 0) is 0 Å². The van der Waals surface area contributed by atoms with Crippen molar-refractivity contribution in [1.82, 2.24) is 0 Å². The van der Waals surface area contributed by atoms with Crippen LogP contribution in [0.3, 0.4) is 0 Å². The number of allylic oxidation sites excluding steroid dienone is 1. The van der Waals surface area contributed by atoms with E-state index < -0.39 is 5.97 Å². The van der Waals surface area contributed by atoms with Gasteiger partial charge in [-0.1, -0.05) is 24.3 Å². The number of ether oxygens (including phenoxy) is 1. The maximum Gasteiger partial charge on any atom is 0.337 e. The van der Waals surface area contributed by atoms with Crippen molar-refractivity contribution in [3.8, 4) is 5.75 Å². The number of carbonyl (C=O) groups excluding carboxylic acids is 1. The summed E-state index contributed by atoms with van der Waals surface area (Å²) in [5.41, 5.74) is 1.05. The molecular formula is C17H15NO4. The first-order valence-electron chi connectivity index (χ1n) is 6.55. The zero-order valence-electron chi connectivity index (χ0n) is 11.9. The summed E-state index contributed by atoms with van der Waals surface area (Å²) in [6.07, 6.45) is 2.76. The molecule has 0 bridgehead atoms. The Kier molecular flexibility index (Phi) is 4.93. The quantitative estimate of drug-likeness (QED) is 0.632. The van der Waals surface area contributed by atoms with E-state index in [0.29, 0.717) is 17.0 Å². The third-order valence-corrected chi connectivity index (χ3v) is 2.99. The summed E-state index contributed by atoms with van der Waals surface area (Å²) < 4.78 is 5.06. The van der Waals surface area contributed by atoms with Crippen molar-refractivity contribution in [2.45, 2.75) is 0 Å². The van der Waals surface area contributed by atoms with Gasteiger partial charge in [-0.3, -0.25) is 4.79 Å². The molecule has 5 nitrogen and oxygen atoms in total. The lowest BCUT2D eigenvalue weighted by Gasteiger charge is -2.05. The molecule has 112 valence electrons. The summed E-state index contributed by atoms with van der Waals surface area (Å²) in [7, 11) is 1.53. The Morgan fingerprint density at radius 1 is 1.14 bits per heavy atom. The van der Waals surface area contributed by atoms with Gasteiger partial charge in [-0.15, -0.1) is 0 Å². The molecule has 0 amide bonds. The van der Waals surface area contributed by atoms with Gasteiger partial charge in [0.15, 0.2) is 5.78 Å². The molecule has 0 saturated heterocycles. The number of nitrogens with one attached hydrogen (secondary N) is 1. The van der Waals surface area contributed by atoms with Crippen molar-refractivity contribution >= 4 is 17.4 Å². The second kappa shape index (κ2) is 7.08. The smallest absolute Gasteiger partial charge is 0.337 e. The topological polar surface area (TPSA) is 75.6 Å². The fourth-order valence-corrected chi connectivity index (χ4v) is 1.88. The van der Waals surface area contributed by atoms with Crippen molar-refractivity contribution in [3.05, 3.63) is 71.9 Å². The molecule has 0 fully saturated rings. The van der Waals surface area contributed by atoms with E-state index in [1.54, 1.807) is 42.5 Å². The average molecular weight is 297 g/mol. The predicted molar refractivity (Wildman–Crippen MR) is 83.5 cm³/mol. The normalized spacial score (nSPS) is 10.4. The van der Waals surface area contributed by atoms with Crippen molar-refractivity contribution in [2.24, 2.45) is 0 Å². The first-order valence-corrected chi connectivity index (χ1v) is 6.55. The van der Waals surface area contributed by atoms with E-state index in [4.69, 9.17) is 9.84 Å². The number of ketones is 1. The lowest BCUT2D eigenvalue weighted by molar-refractivity contribution is 0.0698. The molecule has 0 aliphatic heterocycles. The molecule has 0 radical (unpaired) electrons. The van der Waals surface area contributed by atoms with E-state index in [1.165, 1.54) is 25.5 Å². The molecule has 0 spiro atoms. The first kappa shape index (κ1) is 15.3. The largest absolute Gasteiger partial charge is 0.497 e. The van der Waals surface area contributed by atoms with Gasteiger partial charge in [0.2, 0.25) is 0 Å². The van der Waals surface area contributed by atoms with Crippen LogP contribution in [0.15, 0.2) is 60.8 Å². The monoisotopic (exact) mass is 297 g/mol. The number of carboxylic acid groups (broad SMARTS) is 1. The third kappa shape index (κ3) is 3.73. The summed E-state index contributed by atoms with van der Waals surface area (Å²) in [4.78, 5) is 23.1. The highest BCUT2D eigenvalue weighted by Gasteiger charge is 2.07. The van der Waals surface area contributed by atoms with Gasteiger partial charge >= 0.3 is 5.97 Å². The Bertz CT molecular complexity index is 722. The summed E-state index contributed by atoms with van der Waals surface area (Å²) in [6, 6.07) is 13.3. The molecule has 0 saturated carbocycles. The van der Waals surface area contributed by atoms with Gasteiger partial charge in [-0.05, 0) is 24.3 Å². The molecule has 0 heterocycles. The minimum atomic E-state index is -1.03. The number of rotatable bonds is 6. The molecule has 0 aromatic heterocycles. The van der Waals surface area contributed by atoms with Crippen LogP contribution >= 0.6 is 0 Å². The maximum atomic E-state index is 12.0. The Morgan fingerprint density at radius 3 is 2.64 bits per heavy atom. The van der Waals surface area contributed by atoms with Gasteiger partial charge in [0.05, 0.1) is 18.4 Å². The molecule has 2 rings (SSSR count). The SMILES string of the molecule is COc1cccc(C(=O)/C=C/Nc2ccccc2C(=O)O)c1. The molecular weight excluding hydrogens is 282 g/mol. The van der Waals surface area contributed by atoms with Gasteiger partial charge in [0.1, 0.15) is 5.75 Å². The van der Waals surface area contributed by atoms with E-state index in [0.717, 1.165) is 0 Å². The number of para-hydroxylation sites is 1. The first-order chi connectivity index (χ1) is 10.6. The Hall–Kier alpha value is -3.08. The van der Waals surface area contributed by atoms with E-state index in [1.807, 2.05) is 0 Å². The molecule has 0 atom stereocenters. The van der Waals surface area contributed by atoms with Gasteiger partial charge < -0.3 is 15.2 Å². The summed E-state index contributed by atoms with van der Waals surface area (Å²) >= 11 is 0.